The quantitative estimate of drug-likeness (QED) is 0.293. The van der Waals surface area contributed by atoms with Gasteiger partial charge >= 0.3 is 0 Å². The van der Waals surface area contributed by atoms with Gasteiger partial charge in [0.05, 0.1) is 23.4 Å². The third-order valence-electron chi connectivity index (χ3n) is 6.00. The van der Waals surface area contributed by atoms with Crippen LogP contribution in [-0.4, -0.2) is 19.1 Å². The minimum atomic E-state index is 0.815. The maximum Gasteiger partial charge on any atom is 0.0680 e. The van der Waals surface area contributed by atoms with Crippen LogP contribution in [0.1, 0.15) is 12.6 Å². The zero-order valence-electron chi connectivity index (χ0n) is 18.5. The van der Waals surface area contributed by atoms with Crippen LogP contribution < -0.4 is 0 Å². The molecule has 0 saturated heterocycles. The van der Waals surface area contributed by atoms with E-state index in [4.69, 9.17) is 0 Å². The standard InChI is InChI=1S/C14H14N2.C14H12N2/c1-3-16-13-7-5-4-6-11(13)12-8-10(2)15-9-14(12)16;1-2-9-16-13-6-4-3-5-11(13)12-7-8-15-10-14(12)16/h4-9H,3H2,1-2H3;2-8,10H,1,9H2. The number of allylic oxidation sites excluding steroid dienone is 1. The molecule has 2 aromatic carbocycles. The van der Waals surface area contributed by atoms with Crippen LogP contribution in [0, 0.1) is 6.92 Å². The fourth-order valence-electron chi connectivity index (χ4n) is 4.61. The first-order valence-electron chi connectivity index (χ1n) is 11.0. The smallest absolute Gasteiger partial charge is 0.0680 e. The molecule has 0 spiro atoms. The van der Waals surface area contributed by atoms with Crippen LogP contribution in [-0.2, 0) is 13.1 Å². The lowest BCUT2D eigenvalue weighted by atomic mass is 10.2. The Bertz CT molecular complexity index is 1520. The first kappa shape index (κ1) is 20.0. The normalized spacial score (nSPS) is 11.2. The lowest BCUT2D eigenvalue weighted by molar-refractivity contribution is 0.825. The zero-order valence-corrected chi connectivity index (χ0v) is 18.5. The van der Waals surface area contributed by atoms with Crippen molar-refractivity contribution in [2.75, 3.05) is 0 Å². The van der Waals surface area contributed by atoms with Gasteiger partial charge in [-0.3, -0.25) is 9.97 Å². The van der Waals surface area contributed by atoms with Gasteiger partial charge in [-0.2, -0.15) is 0 Å². The predicted octanol–water partition coefficient (Wildman–Crippen LogP) is 6.89. The van der Waals surface area contributed by atoms with Crippen molar-refractivity contribution in [3.63, 3.8) is 0 Å². The van der Waals surface area contributed by atoms with Gasteiger partial charge in [0.25, 0.3) is 0 Å². The Morgan fingerprint density at radius 3 is 2.12 bits per heavy atom. The van der Waals surface area contributed by atoms with Crippen molar-refractivity contribution < 1.29 is 0 Å². The molecule has 158 valence electrons. The lowest BCUT2D eigenvalue weighted by Gasteiger charge is -2.01. The molecule has 0 radical (unpaired) electrons. The number of nitrogens with zero attached hydrogens (tertiary/aromatic N) is 4. The SMILES string of the molecule is C=CCn1c2ccccc2c2ccncc21.CCn1c2ccccc2c2cc(C)ncc21. The minimum Gasteiger partial charge on any atom is -0.339 e. The average molecular weight is 419 g/mol. The summed E-state index contributed by atoms with van der Waals surface area (Å²) in [5.41, 5.74) is 6.02. The molecule has 4 aromatic heterocycles. The number of para-hydroxylation sites is 2. The number of hydrogen-bond donors (Lipinski definition) is 0. The van der Waals surface area contributed by atoms with E-state index in [1.54, 1.807) is 0 Å². The van der Waals surface area contributed by atoms with Crippen molar-refractivity contribution in [2.24, 2.45) is 0 Å². The summed E-state index contributed by atoms with van der Waals surface area (Å²) < 4.78 is 4.56. The summed E-state index contributed by atoms with van der Waals surface area (Å²) in [6, 6.07) is 21.2. The molecule has 0 bridgehead atoms. The van der Waals surface area contributed by atoms with Gasteiger partial charge in [-0.15, -0.1) is 6.58 Å². The number of fused-ring (bicyclic) bond motifs is 6. The summed E-state index contributed by atoms with van der Waals surface area (Å²) in [6.45, 7) is 9.82. The fraction of sp³-hybridized carbons (Fsp3) is 0.143. The summed E-state index contributed by atoms with van der Waals surface area (Å²) >= 11 is 0. The monoisotopic (exact) mass is 418 g/mol. The highest BCUT2D eigenvalue weighted by molar-refractivity contribution is 6.08. The highest BCUT2D eigenvalue weighted by Gasteiger charge is 2.09. The van der Waals surface area contributed by atoms with Crippen molar-refractivity contribution in [2.45, 2.75) is 26.9 Å². The van der Waals surface area contributed by atoms with E-state index in [-0.39, 0.29) is 0 Å². The van der Waals surface area contributed by atoms with Gasteiger partial charge in [0.1, 0.15) is 0 Å². The second-order valence-corrected chi connectivity index (χ2v) is 7.91. The van der Waals surface area contributed by atoms with Crippen molar-refractivity contribution in [3.05, 3.63) is 97.6 Å². The maximum absolute atomic E-state index is 4.39. The summed E-state index contributed by atoms with van der Waals surface area (Å²) in [5.74, 6) is 0. The summed E-state index contributed by atoms with van der Waals surface area (Å²) in [7, 11) is 0. The lowest BCUT2D eigenvalue weighted by Crippen LogP contribution is -1.93. The van der Waals surface area contributed by atoms with Crippen LogP contribution in [0.25, 0.3) is 43.6 Å². The van der Waals surface area contributed by atoms with Crippen LogP contribution in [0.15, 0.2) is 91.9 Å². The third-order valence-corrected chi connectivity index (χ3v) is 6.00. The third kappa shape index (κ3) is 3.25. The molecule has 4 nitrogen and oxygen atoms in total. The molecule has 4 heterocycles. The Kier molecular flexibility index (Phi) is 5.20. The van der Waals surface area contributed by atoms with Gasteiger partial charge < -0.3 is 9.13 Å². The number of benzene rings is 2. The van der Waals surface area contributed by atoms with Gasteiger partial charge in [-0.1, -0.05) is 42.5 Å². The average Bonchev–Trinajstić information content (AvgIpc) is 3.32. The van der Waals surface area contributed by atoms with E-state index in [1.165, 1.54) is 43.6 Å². The fourth-order valence-corrected chi connectivity index (χ4v) is 4.61. The van der Waals surface area contributed by atoms with Crippen LogP contribution in [0.2, 0.25) is 0 Å². The van der Waals surface area contributed by atoms with Crippen molar-refractivity contribution in [3.8, 4) is 0 Å². The molecule has 32 heavy (non-hydrogen) atoms. The second-order valence-electron chi connectivity index (χ2n) is 7.91. The first-order chi connectivity index (χ1) is 15.7. The van der Waals surface area contributed by atoms with E-state index >= 15 is 0 Å². The maximum atomic E-state index is 4.39. The zero-order chi connectivity index (χ0) is 22.1. The van der Waals surface area contributed by atoms with Gasteiger partial charge in [-0.25, -0.2) is 0 Å². The van der Waals surface area contributed by atoms with E-state index in [2.05, 4.69) is 93.3 Å². The number of hydrogen-bond acceptors (Lipinski definition) is 2. The Morgan fingerprint density at radius 1 is 0.781 bits per heavy atom. The Morgan fingerprint density at radius 2 is 1.41 bits per heavy atom. The molecule has 6 rings (SSSR count). The number of aryl methyl sites for hydroxylation is 2. The molecule has 0 amide bonds. The van der Waals surface area contributed by atoms with E-state index in [1.807, 2.05) is 31.6 Å². The Hall–Kier alpha value is -3.92. The molecule has 6 aromatic rings. The first-order valence-corrected chi connectivity index (χ1v) is 11.0. The van der Waals surface area contributed by atoms with E-state index in [0.29, 0.717) is 0 Å². The van der Waals surface area contributed by atoms with Crippen molar-refractivity contribution >= 4 is 43.6 Å². The molecular formula is C28H26N4. The molecule has 0 unspecified atom stereocenters. The molecule has 0 saturated carbocycles. The summed E-state index contributed by atoms with van der Waals surface area (Å²) in [6.07, 6.45) is 7.65. The Balaban J connectivity index is 0.000000135. The minimum absolute atomic E-state index is 0.815. The molecule has 4 heteroatoms. The number of pyridine rings is 2. The Labute approximate surface area is 187 Å². The van der Waals surface area contributed by atoms with E-state index in [0.717, 1.165) is 18.8 Å². The van der Waals surface area contributed by atoms with Crippen LogP contribution in [0.3, 0.4) is 0 Å². The van der Waals surface area contributed by atoms with Crippen LogP contribution in [0.5, 0.6) is 0 Å². The van der Waals surface area contributed by atoms with E-state index < -0.39 is 0 Å². The summed E-state index contributed by atoms with van der Waals surface area (Å²) in [5, 5.41) is 5.17. The number of aromatic nitrogens is 4. The molecule has 0 aliphatic carbocycles. The van der Waals surface area contributed by atoms with Crippen LogP contribution >= 0.6 is 0 Å². The van der Waals surface area contributed by atoms with Crippen molar-refractivity contribution in [1.29, 1.82) is 0 Å². The molecule has 0 fully saturated rings. The van der Waals surface area contributed by atoms with Crippen molar-refractivity contribution in [1.82, 2.24) is 19.1 Å². The van der Waals surface area contributed by atoms with Crippen LogP contribution in [0.4, 0.5) is 0 Å². The molecular weight excluding hydrogens is 392 g/mol. The highest BCUT2D eigenvalue weighted by atomic mass is 15.0. The number of rotatable bonds is 3. The molecule has 0 aliphatic heterocycles. The van der Waals surface area contributed by atoms with Gasteiger partial charge in [0.2, 0.25) is 0 Å². The largest absolute Gasteiger partial charge is 0.339 e. The van der Waals surface area contributed by atoms with E-state index in [9.17, 15) is 0 Å². The second kappa shape index (κ2) is 8.31. The molecule has 0 atom stereocenters. The molecule has 0 aliphatic rings. The topological polar surface area (TPSA) is 35.6 Å². The highest BCUT2D eigenvalue weighted by Crippen LogP contribution is 2.29. The van der Waals surface area contributed by atoms with Gasteiger partial charge in [0.15, 0.2) is 0 Å². The van der Waals surface area contributed by atoms with Gasteiger partial charge in [-0.05, 0) is 38.1 Å². The summed E-state index contributed by atoms with van der Waals surface area (Å²) in [4.78, 5) is 8.59. The predicted molar refractivity (Wildman–Crippen MR) is 135 cm³/mol. The molecule has 0 N–H and O–H groups in total. The van der Waals surface area contributed by atoms with Gasteiger partial charge in [0, 0.05) is 57.6 Å².